The first-order chi connectivity index (χ1) is 38.6. The fourth-order valence-corrected chi connectivity index (χ4v) is 16.7. The normalized spacial score (nSPS) is 12.4. The number of fused-ring (bicyclic) bond motifs is 18. The van der Waals surface area contributed by atoms with E-state index in [-0.39, 0.29) is 0 Å². The SMILES string of the molecule is c1ccc2c(c1)oc1c(-c3nc(-c4cccc5c4oc4cc(-c6ccc7c(c6)sc6nc(-c8cccc9c8sc8ccccc89)nc(-c8cccc9c8sc8ccccc89)c67)ccc45)c4c(n3)sc3ccccc34)cccc12. The number of benzene rings is 10. The molecule has 0 spiro atoms. The third-order valence-electron chi connectivity index (χ3n) is 15.6. The summed E-state index contributed by atoms with van der Waals surface area (Å²) in [6, 6.07) is 73.3. The molecule has 18 rings (SSSR count). The van der Waals surface area contributed by atoms with E-state index in [9.17, 15) is 0 Å². The van der Waals surface area contributed by atoms with Gasteiger partial charge in [0.2, 0.25) is 0 Å². The van der Waals surface area contributed by atoms with Gasteiger partial charge in [-0.2, -0.15) is 0 Å². The maximum absolute atomic E-state index is 7.07. The van der Waals surface area contributed by atoms with Crippen molar-refractivity contribution in [3.63, 3.8) is 0 Å². The van der Waals surface area contributed by atoms with E-state index in [0.717, 1.165) is 135 Å². The van der Waals surface area contributed by atoms with Crippen LogP contribution in [0, 0.1) is 0 Å². The summed E-state index contributed by atoms with van der Waals surface area (Å²) in [4.78, 5) is 23.7. The molecule has 6 nitrogen and oxygen atoms in total. The number of rotatable bonds is 5. The Morgan fingerprint density at radius 2 is 0.731 bits per heavy atom. The van der Waals surface area contributed by atoms with Crippen molar-refractivity contribution in [1.29, 1.82) is 0 Å². The quantitative estimate of drug-likeness (QED) is 0.171. The Balaban J connectivity index is 0.807. The van der Waals surface area contributed by atoms with Gasteiger partial charge in [-0.15, -0.1) is 45.3 Å². The summed E-state index contributed by atoms with van der Waals surface area (Å²) >= 11 is 7.07. The first-order valence-corrected chi connectivity index (χ1v) is 29.0. The van der Waals surface area contributed by atoms with Crippen LogP contribution in [0.4, 0.5) is 0 Å². The summed E-state index contributed by atoms with van der Waals surface area (Å²) < 4.78 is 20.9. The Bertz CT molecular complexity index is 5620. The standard InChI is InChI=1S/C68H34N4O2S4/c1-5-25-51-37(13-1)41-18-10-23-49(62(41)73-51)65-69-59(57-45-16-4-8-28-55(45)77-67(57)71-65)47-21-9-17-42-38-31-29-35(33-52(38)74-61(42)47)36-30-32-46-56(34-36)78-68-58(46)60(48-22-11-19-43-39-14-2-6-26-53(39)75-63(43)48)70-66(72-68)50-24-12-20-44-40-15-3-7-27-54(40)76-64(44)50/h1-34H. The van der Waals surface area contributed by atoms with Gasteiger partial charge in [-0.3, -0.25) is 0 Å². The maximum atomic E-state index is 7.07. The molecule has 0 amide bonds. The molecule has 8 aromatic heterocycles. The number of aromatic nitrogens is 4. The van der Waals surface area contributed by atoms with Crippen molar-refractivity contribution in [3.05, 3.63) is 206 Å². The molecule has 78 heavy (non-hydrogen) atoms. The Morgan fingerprint density at radius 1 is 0.282 bits per heavy atom. The molecular weight excluding hydrogens is 1030 g/mol. The summed E-state index contributed by atoms with van der Waals surface area (Å²) in [6.45, 7) is 0. The van der Waals surface area contributed by atoms with Gasteiger partial charge in [0.25, 0.3) is 0 Å². The molecule has 10 aromatic carbocycles. The Kier molecular flexibility index (Phi) is 8.92. The summed E-state index contributed by atoms with van der Waals surface area (Å²) in [5.74, 6) is 1.35. The molecule has 18 aromatic rings. The molecule has 0 N–H and O–H groups in total. The number of hydrogen-bond donors (Lipinski definition) is 0. The molecule has 0 saturated carbocycles. The molecule has 0 atom stereocenters. The highest BCUT2D eigenvalue weighted by Crippen LogP contribution is 2.49. The van der Waals surface area contributed by atoms with E-state index in [1.54, 1.807) is 22.7 Å². The molecule has 0 aliphatic carbocycles. The highest BCUT2D eigenvalue weighted by atomic mass is 32.1. The molecule has 0 aliphatic rings. The van der Waals surface area contributed by atoms with Crippen LogP contribution in [-0.2, 0) is 0 Å². The zero-order chi connectivity index (χ0) is 50.7. The minimum atomic E-state index is 0.612. The lowest BCUT2D eigenvalue weighted by atomic mass is 9.99. The van der Waals surface area contributed by atoms with E-state index in [2.05, 4.69) is 188 Å². The minimum absolute atomic E-state index is 0.612. The van der Waals surface area contributed by atoms with Gasteiger partial charge >= 0.3 is 0 Å². The van der Waals surface area contributed by atoms with Crippen LogP contribution in [0.5, 0.6) is 0 Å². The third kappa shape index (κ3) is 6.16. The van der Waals surface area contributed by atoms with E-state index in [0.29, 0.717) is 5.82 Å². The first-order valence-electron chi connectivity index (χ1n) is 25.7. The van der Waals surface area contributed by atoms with Crippen LogP contribution in [0.3, 0.4) is 0 Å². The average Bonchev–Trinajstić information content (AvgIpc) is 4.55. The van der Waals surface area contributed by atoms with Crippen LogP contribution in [0.15, 0.2) is 215 Å². The van der Waals surface area contributed by atoms with E-state index in [4.69, 9.17) is 28.8 Å². The average molecular weight is 1070 g/mol. The molecule has 10 heteroatoms. The molecule has 0 bridgehead atoms. The second kappa shape index (κ2) is 16.2. The third-order valence-corrected chi connectivity index (χ3v) is 20.2. The summed E-state index contributed by atoms with van der Waals surface area (Å²) in [7, 11) is 0. The van der Waals surface area contributed by atoms with Crippen molar-refractivity contribution in [2.75, 3.05) is 0 Å². The Morgan fingerprint density at radius 3 is 1.44 bits per heavy atom. The van der Waals surface area contributed by atoms with Crippen molar-refractivity contribution in [2.24, 2.45) is 0 Å². The minimum Gasteiger partial charge on any atom is -0.455 e. The lowest BCUT2D eigenvalue weighted by molar-refractivity contribution is 0.669. The van der Waals surface area contributed by atoms with Crippen LogP contribution in [0.25, 0.3) is 181 Å². The Hall–Kier alpha value is -9.16. The first kappa shape index (κ1) is 43.0. The van der Waals surface area contributed by atoms with Gasteiger partial charge in [-0.05, 0) is 71.8 Å². The molecule has 0 radical (unpaired) electrons. The van der Waals surface area contributed by atoms with Gasteiger partial charge in [0.05, 0.1) is 17.0 Å². The van der Waals surface area contributed by atoms with Gasteiger partial charge in [0.1, 0.15) is 32.0 Å². The fraction of sp³-hybridized carbons (Fsp3) is 0. The number of thiophene rings is 4. The molecule has 8 heterocycles. The van der Waals surface area contributed by atoms with Crippen molar-refractivity contribution < 1.29 is 8.83 Å². The summed E-state index contributed by atoms with van der Waals surface area (Å²) in [5.41, 5.74) is 11.1. The molecule has 0 saturated heterocycles. The smallest absolute Gasteiger partial charge is 0.165 e. The molecule has 0 unspecified atom stereocenters. The second-order valence-corrected chi connectivity index (χ2v) is 24.1. The van der Waals surface area contributed by atoms with Crippen LogP contribution in [0.1, 0.15) is 0 Å². The topological polar surface area (TPSA) is 77.8 Å². The van der Waals surface area contributed by atoms with E-state index in [1.807, 2.05) is 40.9 Å². The van der Waals surface area contributed by atoms with Crippen molar-refractivity contribution >= 4 is 170 Å². The monoisotopic (exact) mass is 1070 g/mol. The highest BCUT2D eigenvalue weighted by Gasteiger charge is 2.25. The summed E-state index contributed by atoms with van der Waals surface area (Å²) in [6.07, 6.45) is 0. The number of para-hydroxylation sites is 3. The van der Waals surface area contributed by atoms with Gasteiger partial charge in [-0.1, -0.05) is 146 Å². The van der Waals surface area contributed by atoms with Gasteiger partial charge in [0, 0.05) is 110 Å². The Labute approximate surface area is 458 Å². The molecular formula is C68H34N4O2S4. The largest absolute Gasteiger partial charge is 0.455 e. The van der Waals surface area contributed by atoms with Crippen molar-refractivity contribution in [3.8, 4) is 56.4 Å². The zero-order valence-electron chi connectivity index (χ0n) is 40.9. The number of hydrogen-bond acceptors (Lipinski definition) is 10. The van der Waals surface area contributed by atoms with Crippen LogP contribution in [-0.4, -0.2) is 19.9 Å². The van der Waals surface area contributed by atoms with E-state index < -0.39 is 0 Å². The predicted molar refractivity (Wildman–Crippen MR) is 331 cm³/mol. The molecule has 0 fully saturated rings. The van der Waals surface area contributed by atoms with Gasteiger partial charge in [0.15, 0.2) is 11.6 Å². The van der Waals surface area contributed by atoms with Crippen molar-refractivity contribution in [2.45, 2.75) is 0 Å². The molecule has 362 valence electrons. The fourth-order valence-electron chi connectivity index (χ4n) is 12.1. The summed E-state index contributed by atoms with van der Waals surface area (Å²) in [5, 5.41) is 13.5. The lowest BCUT2D eigenvalue weighted by Gasteiger charge is -2.09. The predicted octanol–water partition coefficient (Wildman–Crippen LogP) is 20.9. The van der Waals surface area contributed by atoms with E-state index in [1.165, 1.54) is 40.3 Å². The zero-order valence-corrected chi connectivity index (χ0v) is 44.1. The number of nitrogens with zero attached hydrogens (tertiary/aromatic N) is 4. The van der Waals surface area contributed by atoms with Crippen molar-refractivity contribution in [1.82, 2.24) is 19.9 Å². The second-order valence-electron chi connectivity index (χ2n) is 19.9. The van der Waals surface area contributed by atoms with E-state index >= 15 is 0 Å². The van der Waals surface area contributed by atoms with Crippen LogP contribution >= 0.6 is 45.3 Å². The van der Waals surface area contributed by atoms with Gasteiger partial charge in [-0.25, -0.2) is 19.9 Å². The lowest BCUT2D eigenvalue weighted by Crippen LogP contribution is -1.94. The van der Waals surface area contributed by atoms with Crippen LogP contribution in [0.2, 0.25) is 0 Å². The van der Waals surface area contributed by atoms with Crippen LogP contribution < -0.4 is 0 Å². The maximum Gasteiger partial charge on any atom is 0.165 e. The highest BCUT2D eigenvalue weighted by molar-refractivity contribution is 7.27. The number of furan rings is 2. The molecule has 0 aliphatic heterocycles. The van der Waals surface area contributed by atoms with Gasteiger partial charge < -0.3 is 8.83 Å².